The van der Waals surface area contributed by atoms with E-state index in [0.29, 0.717) is 6.04 Å². The van der Waals surface area contributed by atoms with Gasteiger partial charge in [-0.2, -0.15) is 0 Å². The van der Waals surface area contributed by atoms with E-state index in [1.54, 1.807) is 0 Å². The molecular formula is C15H32N2. The van der Waals surface area contributed by atoms with Gasteiger partial charge in [-0.3, -0.25) is 0 Å². The molecule has 102 valence electrons. The third-order valence-corrected chi connectivity index (χ3v) is 4.10. The Kier molecular flexibility index (Phi) is 7.87. The molecule has 0 heterocycles. The standard InChI is InChI=1S/C15H32N2/c1-3-4-5-6-7-8-15(11-16)17-12-13(2)14-9-10-14/h13-15,17H,3-12,16H2,1-2H3. The van der Waals surface area contributed by atoms with Crippen LogP contribution in [0.4, 0.5) is 0 Å². The van der Waals surface area contributed by atoms with Crippen molar-refractivity contribution in [2.75, 3.05) is 13.1 Å². The van der Waals surface area contributed by atoms with Crippen LogP contribution in [-0.4, -0.2) is 19.1 Å². The summed E-state index contributed by atoms with van der Waals surface area (Å²) in [4.78, 5) is 0. The molecule has 2 unspecified atom stereocenters. The van der Waals surface area contributed by atoms with E-state index in [2.05, 4.69) is 19.2 Å². The van der Waals surface area contributed by atoms with Gasteiger partial charge in [0.05, 0.1) is 0 Å². The van der Waals surface area contributed by atoms with Crippen molar-refractivity contribution in [2.45, 2.75) is 71.3 Å². The minimum absolute atomic E-state index is 0.554. The van der Waals surface area contributed by atoms with Gasteiger partial charge in [0.15, 0.2) is 0 Å². The molecule has 3 N–H and O–H groups in total. The van der Waals surface area contributed by atoms with E-state index in [9.17, 15) is 0 Å². The van der Waals surface area contributed by atoms with Crippen molar-refractivity contribution in [2.24, 2.45) is 17.6 Å². The molecule has 0 spiro atoms. The summed E-state index contributed by atoms with van der Waals surface area (Å²) in [7, 11) is 0. The van der Waals surface area contributed by atoms with Crippen LogP contribution in [0.15, 0.2) is 0 Å². The molecule has 0 aromatic carbocycles. The summed E-state index contributed by atoms with van der Waals surface area (Å²) in [6, 6.07) is 0.554. The van der Waals surface area contributed by atoms with Gasteiger partial charge in [-0.05, 0) is 37.6 Å². The first-order valence-electron chi connectivity index (χ1n) is 7.71. The largest absolute Gasteiger partial charge is 0.329 e. The summed E-state index contributed by atoms with van der Waals surface area (Å²) in [5.41, 5.74) is 5.83. The Morgan fingerprint density at radius 3 is 2.47 bits per heavy atom. The summed E-state index contributed by atoms with van der Waals surface area (Å²) in [5, 5.41) is 3.66. The minimum Gasteiger partial charge on any atom is -0.329 e. The van der Waals surface area contributed by atoms with Crippen LogP contribution in [0.1, 0.15) is 65.2 Å². The van der Waals surface area contributed by atoms with Gasteiger partial charge in [0.1, 0.15) is 0 Å². The number of rotatable bonds is 11. The highest BCUT2D eigenvalue weighted by Crippen LogP contribution is 2.36. The zero-order valence-corrected chi connectivity index (χ0v) is 11.9. The normalized spacial score (nSPS) is 19.2. The van der Waals surface area contributed by atoms with Gasteiger partial charge in [-0.15, -0.1) is 0 Å². The zero-order chi connectivity index (χ0) is 12.5. The van der Waals surface area contributed by atoms with Gasteiger partial charge >= 0.3 is 0 Å². The first-order chi connectivity index (χ1) is 8.27. The van der Waals surface area contributed by atoms with Gasteiger partial charge in [0.25, 0.3) is 0 Å². The Balaban J connectivity index is 1.98. The van der Waals surface area contributed by atoms with Crippen LogP contribution >= 0.6 is 0 Å². The monoisotopic (exact) mass is 240 g/mol. The molecule has 1 saturated carbocycles. The summed E-state index contributed by atoms with van der Waals surface area (Å²) in [6.45, 7) is 6.61. The van der Waals surface area contributed by atoms with E-state index in [1.165, 1.54) is 57.9 Å². The van der Waals surface area contributed by atoms with E-state index in [1.807, 2.05) is 0 Å². The molecule has 0 saturated heterocycles. The zero-order valence-electron chi connectivity index (χ0n) is 11.9. The summed E-state index contributed by atoms with van der Waals surface area (Å²) < 4.78 is 0. The molecule has 0 bridgehead atoms. The molecule has 2 nitrogen and oxygen atoms in total. The molecule has 0 radical (unpaired) electrons. The smallest absolute Gasteiger partial charge is 0.0190 e. The lowest BCUT2D eigenvalue weighted by Gasteiger charge is -2.19. The predicted molar refractivity (Wildman–Crippen MR) is 76.1 cm³/mol. The van der Waals surface area contributed by atoms with Gasteiger partial charge < -0.3 is 11.1 Å². The highest BCUT2D eigenvalue weighted by Gasteiger charge is 2.27. The highest BCUT2D eigenvalue weighted by molar-refractivity contribution is 4.81. The summed E-state index contributed by atoms with van der Waals surface area (Å²) in [5.74, 6) is 1.86. The van der Waals surface area contributed by atoms with Gasteiger partial charge in [-0.25, -0.2) is 0 Å². The van der Waals surface area contributed by atoms with Crippen molar-refractivity contribution in [1.29, 1.82) is 0 Å². The lowest BCUT2D eigenvalue weighted by molar-refractivity contribution is 0.395. The maximum absolute atomic E-state index is 5.83. The predicted octanol–water partition coefficient (Wildman–Crippen LogP) is 3.31. The Morgan fingerprint density at radius 1 is 1.18 bits per heavy atom. The third kappa shape index (κ3) is 7.05. The van der Waals surface area contributed by atoms with Crippen molar-refractivity contribution >= 4 is 0 Å². The second kappa shape index (κ2) is 8.93. The lowest BCUT2D eigenvalue weighted by Crippen LogP contribution is -2.38. The summed E-state index contributed by atoms with van der Waals surface area (Å²) >= 11 is 0. The topological polar surface area (TPSA) is 38.0 Å². The first kappa shape index (κ1) is 15.0. The van der Waals surface area contributed by atoms with E-state index < -0.39 is 0 Å². The van der Waals surface area contributed by atoms with Crippen molar-refractivity contribution in [3.8, 4) is 0 Å². The van der Waals surface area contributed by atoms with Crippen molar-refractivity contribution in [3.63, 3.8) is 0 Å². The van der Waals surface area contributed by atoms with Crippen LogP contribution in [0.2, 0.25) is 0 Å². The second-order valence-corrected chi connectivity index (χ2v) is 5.86. The maximum Gasteiger partial charge on any atom is 0.0190 e. The Morgan fingerprint density at radius 2 is 1.88 bits per heavy atom. The second-order valence-electron chi connectivity index (χ2n) is 5.86. The van der Waals surface area contributed by atoms with Crippen LogP contribution in [0.25, 0.3) is 0 Å². The van der Waals surface area contributed by atoms with E-state index in [4.69, 9.17) is 5.73 Å². The van der Waals surface area contributed by atoms with Crippen molar-refractivity contribution < 1.29 is 0 Å². The first-order valence-corrected chi connectivity index (χ1v) is 7.71. The van der Waals surface area contributed by atoms with Crippen LogP contribution < -0.4 is 11.1 Å². The number of hydrogen-bond donors (Lipinski definition) is 2. The van der Waals surface area contributed by atoms with E-state index in [0.717, 1.165) is 18.4 Å². The minimum atomic E-state index is 0.554. The van der Waals surface area contributed by atoms with E-state index in [-0.39, 0.29) is 0 Å². The fourth-order valence-corrected chi connectivity index (χ4v) is 2.48. The quantitative estimate of drug-likeness (QED) is 0.544. The Bertz CT molecular complexity index is 178. The number of nitrogens with one attached hydrogen (secondary N) is 1. The average Bonchev–Trinajstić information content (AvgIpc) is 3.16. The molecule has 17 heavy (non-hydrogen) atoms. The lowest BCUT2D eigenvalue weighted by atomic mass is 10.0. The molecule has 1 aliphatic carbocycles. The van der Waals surface area contributed by atoms with Gasteiger partial charge in [0, 0.05) is 12.6 Å². The third-order valence-electron chi connectivity index (χ3n) is 4.10. The number of nitrogens with two attached hydrogens (primary N) is 1. The Labute approximate surface area is 108 Å². The molecule has 1 aliphatic rings. The molecule has 2 atom stereocenters. The van der Waals surface area contributed by atoms with Gasteiger partial charge in [-0.1, -0.05) is 46.0 Å². The van der Waals surface area contributed by atoms with Gasteiger partial charge in [0.2, 0.25) is 0 Å². The van der Waals surface area contributed by atoms with E-state index >= 15 is 0 Å². The molecular weight excluding hydrogens is 208 g/mol. The molecule has 1 fully saturated rings. The Hall–Kier alpha value is -0.0800. The fraction of sp³-hybridized carbons (Fsp3) is 1.00. The van der Waals surface area contributed by atoms with Crippen LogP contribution in [-0.2, 0) is 0 Å². The number of hydrogen-bond acceptors (Lipinski definition) is 2. The molecule has 1 rings (SSSR count). The molecule has 2 heteroatoms. The highest BCUT2D eigenvalue weighted by atomic mass is 14.9. The molecule has 0 aliphatic heterocycles. The van der Waals surface area contributed by atoms with Crippen LogP contribution in [0.3, 0.4) is 0 Å². The average molecular weight is 240 g/mol. The maximum atomic E-state index is 5.83. The van der Waals surface area contributed by atoms with Crippen molar-refractivity contribution in [3.05, 3.63) is 0 Å². The SMILES string of the molecule is CCCCCCCC(CN)NCC(C)C1CC1. The van der Waals surface area contributed by atoms with Crippen molar-refractivity contribution in [1.82, 2.24) is 5.32 Å². The molecule has 0 amide bonds. The van der Waals surface area contributed by atoms with Crippen LogP contribution in [0, 0.1) is 11.8 Å². The number of unbranched alkanes of at least 4 members (excludes halogenated alkanes) is 4. The molecule has 0 aromatic rings. The van der Waals surface area contributed by atoms with Crippen LogP contribution in [0.5, 0.6) is 0 Å². The fourth-order valence-electron chi connectivity index (χ4n) is 2.48. The summed E-state index contributed by atoms with van der Waals surface area (Å²) in [6.07, 6.45) is 11.0. The molecule has 0 aromatic heterocycles.